The maximum atomic E-state index is 12.5. The van der Waals surface area contributed by atoms with E-state index in [1.165, 1.54) is 24.3 Å². The molecule has 0 aliphatic carbocycles. The van der Waals surface area contributed by atoms with E-state index in [4.69, 9.17) is 8.92 Å². The molecule has 3 rings (SSSR count). The zero-order valence-corrected chi connectivity index (χ0v) is 14.8. The molecule has 0 bridgehead atoms. The molecule has 0 fully saturated rings. The Morgan fingerprint density at radius 3 is 2.12 bits per heavy atom. The van der Waals surface area contributed by atoms with Crippen LogP contribution in [0, 0.1) is 6.92 Å². The van der Waals surface area contributed by atoms with E-state index in [9.17, 15) is 13.2 Å². The molecule has 0 aliphatic rings. The molecule has 0 amide bonds. The minimum Gasteiger partial charge on any atom is -0.423 e. The molecule has 0 N–H and O–H groups in total. The molecular weight excluding hydrogens is 352 g/mol. The monoisotopic (exact) mass is 368 g/mol. The molecule has 26 heavy (non-hydrogen) atoms. The van der Waals surface area contributed by atoms with Gasteiger partial charge in [0.05, 0.1) is 0 Å². The maximum Gasteiger partial charge on any atom is 0.347 e. The topological polar surface area (TPSA) is 69.7 Å². The van der Waals surface area contributed by atoms with Crippen LogP contribution in [-0.4, -0.2) is 14.4 Å². The van der Waals surface area contributed by atoms with Crippen LogP contribution >= 0.6 is 0 Å². The van der Waals surface area contributed by atoms with E-state index in [1.807, 2.05) is 6.92 Å². The van der Waals surface area contributed by atoms with Crippen molar-refractivity contribution in [3.63, 3.8) is 0 Å². The van der Waals surface area contributed by atoms with Crippen LogP contribution in [-0.2, 0) is 10.1 Å². The van der Waals surface area contributed by atoms with Gasteiger partial charge in [-0.15, -0.1) is 0 Å². The maximum absolute atomic E-state index is 12.5. The summed E-state index contributed by atoms with van der Waals surface area (Å²) in [4.78, 5) is 12.4. The Hall–Kier alpha value is -3.12. The fraction of sp³-hybridized carbons (Fsp3) is 0.0500. The summed E-state index contributed by atoms with van der Waals surface area (Å²) in [5.41, 5.74) is 0.947. The van der Waals surface area contributed by atoms with E-state index >= 15 is 0 Å². The molecule has 5 nitrogen and oxygen atoms in total. The van der Waals surface area contributed by atoms with Crippen molar-refractivity contribution in [3.8, 4) is 11.5 Å². The lowest BCUT2D eigenvalue weighted by molar-refractivity contribution is 0.0733. The van der Waals surface area contributed by atoms with Crippen molar-refractivity contribution >= 4 is 16.1 Å². The number of carbonyl (C=O) groups is 1. The zero-order valence-electron chi connectivity index (χ0n) is 14.0. The highest BCUT2D eigenvalue weighted by molar-refractivity contribution is 7.87. The first-order valence-corrected chi connectivity index (χ1v) is 9.24. The third-order valence-electron chi connectivity index (χ3n) is 3.57. The van der Waals surface area contributed by atoms with E-state index in [-0.39, 0.29) is 16.2 Å². The predicted octanol–water partition coefficient (Wildman–Crippen LogP) is 3.98. The van der Waals surface area contributed by atoms with Crippen molar-refractivity contribution in [2.24, 2.45) is 0 Å². The van der Waals surface area contributed by atoms with Gasteiger partial charge in [0.15, 0.2) is 5.75 Å². The van der Waals surface area contributed by atoms with Gasteiger partial charge >= 0.3 is 16.1 Å². The van der Waals surface area contributed by atoms with Crippen LogP contribution in [0.1, 0.15) is 15.9 Å². The summed E-state index contributed by atoms with van der Waals surface area (Å²) < 4.78 is 35.4. The second-order valence-corrected chi connectivity index (χ2v) is 7.10. The molecule has 0 heterocycles. The van der Waals surface area contributed by atoms with Crippen LogP contribution in [0.2, 0.25) is 0 Å². The summed E-state index contributed by atoms with van der Waals surface area (Å²) in [7, 11) is -4.07. The average molecular weight is 368 g/mol. The average Bonchev–Trinajstić information content (AvgIpc) is 2.63. The molecule has 0 atom stereocenters. The predicted molar refractivity (Wildman–Crippen MR) is 96.8 cm³/mol. The van der Waals surface area contributed by atoms with Gasteiger partial charge in [0.25, 0.3) is 0 Å². The second-order valence-electron chi connectivity index (χ2n) is 5.55. The smallest absolute Gasteiger partial charge is 0.347 e. The van der Waals surface area contributed by atoms with Gasteiger partial charge in [-0.3, -0.25) is 0 Å². The number of ether oxygens (including phenoxy) is 1. The first-order valence-electron chi connectivity index (χ1n) is 7.83. The van der Waals surface area contributed by atoms with Gasteiger partial charge in [-0.25, -0.2) is 4.79 Å². The normalized spacial score (nSPS) is 11.0. The Bertz CT molecular complexity index is 1010. The fourth-order valence-corrected chi connectivity index (χ4v) is 3.18. The third-order valence-corrected chi connectivity index (χ3v) is 4.82. The standard InChI is InChI=1S/C20H16O5S/c1-15-11-13-17(14-12-15)26(22,23)25-19-10-6-5-9-18(19)20(21)24-16-7-3-2-4-8-16/h2-14H,1H3. The first-order chi connectivity index (χ1) is 12.5. The van der Waals surface area contributed by atoms with Crippen molar-refractivity contribution in [2.45, 2.75) is 11.8 Å². The molecule has 132 valence electrons. The number of benzene rings is 3. The quantitative estimate of drug-likeness (QED) is 0.387. The molecule has 0 spiro atoms. The van der Waals surface area contributed by atoms with E-state index in [2.05, 4.69) is 0 Å². The zero-order chi connectivity index (χ0) is 18.6. The lowest BCUT2D eigenvalue weighted by Crippen LogP contribution is -2.15. The molecule has 0 radical (unpaired) electrons. The van der Waals surface area contributed by atoms with Crippen LogP contribution in [0.5, 0.6) is 11.5 Å². The van der Waals surface area contributed by atoms with Gasteiger partial charge in [0, 0.05) is 0 Å². The molecule has 6 heteroatoms. The Morgan fingerprint density at radius 2 is 1.42 bits per heavy atom. The van der Waals surface area contributed by atoms with Gasteiger partial charge in [0.2, 0.25) is 0 Å². The lowest BCUT2D eigenvalue weighted by Gasteiger charge is -2.11. The number of hydrogen-bond donors (Lipinski definition) is 0. The molecule has 3 aromatic carbocycles. The summed E-state index contributed by atoms with van der Waals surface area (Å²) in [5, 5.41) is 0. The van der Waals surface area contributed by atoms with Crippen LogP contribution in [0.4, 0.5) is 0 Å². The highest BCUT2D eigenvalue weighted by Gasteiger charge is 2.21. The van der Waals surface area contributed by atoms with Crippen molar-refractivity contribution in [3.05, 3.63) is 90.0 Å². The Kier molecular flexibility index (Phi) is 5.04. The number of esters is 1. The van der Waals surface area contributed by atoms with E-state index in [0.717, 1.165) is 5.56 Å². The van der Waals surface area contributed by atoms with Crippen LogP contribution in [0.3, 0.4) is 0 Å². The molecular formula is C20H16O5S. The molecule has 0 aromatic heterocycles. The summed E-state index contributed by atoms with van der Waals surface area (Å²) in [5.74, 6) is -0.436. The highest BCUT2D eigenvalue weighted by atomic mass is 32.2. The summed E-state index contributed by atoms with van der Waals surface area (Å²) >= 11 is 0. The largest absolute Gasteiger partial charge is 0.423 e. The minimum absolute atomic E-state index is 0.00864. The summed E-state index contributed by atoms with van der Waals surface area (Å²) in [6.45, 7) is 1.85. The van der Waals surface area contributed by atoms with Gasteiger partial charge in [-0.05, 0) is 43.3 Å². The van der Waals surface area contributed by atoms with Crippen LogP contribution in [0.15, 0.2) is 83.8 Å². The highest BCUT2D eigenvalue weighted by Crippen LogP contribution is 2.24. The Morgan fingerprint density at radius 1 is 0.808 bits per heavy atom. The van der Waals surface area contributed by atoms with Gasteiger partial charge in [0.1, 0.15) is 16.2 Å². The molecule has 0 aliphatic heterocycles. The molecule has 0 unspecified atom stereocenters. The van der Waals surface area contributed by atoms with Crippen molar-refractivity contribution in [1.82, 2.24) is 0 Å². The van der Waals surface area contributed by atoms with Gasteiger partial charge in [-0.1, -0.05) is 48.0 Å². The van der Waals surface area contributed by atoms with Crippen LogP contribution < -0.4 is 8.92 Å². The first kappa shape index (κ1) is 17.7. The molecule has 0 saturated carbocycles. The van der Waals surface area contributed by atoms with Crippen molar-refractivity contribution in [2.75, 3.05) is 0 Å². The molecule has 0 saturated heterocycles. The van der Waals surface area contributed by atoms with E-state index in [1.54, 1.807) is 54.6 Å². The number of carbonyl (C=O) groups excluding carboxylic acids is 1. The Balaban J connectivity index is 1.87. The number of rotatable bonds is 5. The van der Waals surface area contributed by atoms with Crippen LogP contribution in [0.25, 0.3) is 0 Å². The summed E-state index contributed by atoms with van der Waals surface area (Å²) in [6, 6.07) is 20.8. The van der Waals surface area contributed by atoms with E-state index < -0.39 is 16.1 Å². The van der Waals surface area contributed by atoms with E-state index in [0.29, 0.717) is 5.75 Å². The van der Waals surface area contributed by atoms with Gasteiger partial charge < -0.3 is 8.92 Å². The Labute approximate surface area is 151 Å². The number of para-hydroxylation sites is 2. The van der Waals surface area contributed by atoms with Crippen molar-refractivity contribution < 1.29 is 22.1 Å². The molecule has 3 aromatic rings. The van der Waals surface area contributed by atoms with Gasteiger partial charge in [-0.2, -0.15) is 8.42 Å². The van der Waals surface area contributed by atoms with Crippen molar-refractivity contribution in [1.29, 1.82) is 0 Å². The number of aryl methyl sites for hydroxylation is 1. The second kappa shape index (κ2) is 7.41. The minimum atomic E-state index is -4.07. The fourth-order valence-electron chi connectivity index (χ4n) is 2.23. The SMILES string of the molecule is Cc1ccc(S(=O)(=O)Oc2ccccc2C(=O)Oc2ccccc2)cc1. The lowest BCUT2D eigenvalue weighted by atomic mass is 10.2. The number of hydrogen-bond acceptors (Lipinski definition) is 5. The third kappa shape index (κ3) is 4.10. The summed E-state index contributed by atoms with van der Waals surface area (Å²) in [6.07, 6.45) is 0.